The lowest BCUT2D eigenvalue weighted by Gasteiger charge is -2.30. The van der Waals surface area contributed by atoms with Crippen molar-refractivity contribution in [3.05, 3.63) is 77.9 Å². The first-order chi connectivity index (χ1) is 12.4. The van der Waals surface area contributed by atoms with Crippen LogP contribution in [0.3, 0.4) is 0 Å². The van der Waals surface area contributed by atoms with Gasteiger partial charge in [-0.2, -0.15) is 0 Å². The van der Waals surface area contributed by atoms with Crippen LogP contribution >= 0.6 is 15.9 Å². The second-order valence-electron chi connectivity index (χ2n) is 7.05. The molecule has 0 radical (unpaired) electrons. The van der Waals surface area contributed by atoms with Crippen molar-refractivity contribution >= 4 is 21.5 Å². The number of alkyl halides is 1. The fourth-order valence-electron chi connectivity index (χ4n) is 3.61. The molecule has 2 aromatic carbocycles. The molecule has 0 aliphatic carbocycles. The molecule has 5 heteroatoms. The van der Waals surface area contributed by atoms with Crippen molar-refractivity contribution in [2.24, 2.45) is 5.41 Å². The maximum absolute atomic E-state index is 13.3. The number of aliphatic hydroxyl groups excluding tert-OH is 1. The van der Waals surface area contributed by atoms with Gasteiger partial charge in [0, 0.05) is 10.7 Å². The normalized spacial score (nSPS) is 25.4. The number of benzene rings is 2. The summed E-state index contributed by atoms with van der Waals surface area (Å²) in [5, 5.41) is 10.7. The fourth-order valence-corrected chi connectivity index (χ4v) is 4.30. The van der Waals surface area contributed by atoms with Gasteiger partial charge in [0.05, 0.1) is 13.2 Å². The second-order valence-corrected chi connectivity index (χ2v) is 7.61. The molecular weight excluding hydrogens is 402 g/mol. The molecule has 2 atom stereocenters. The zero-order valence-electron chi connectivity index (χ0n) is 14.4. The first-order valence-corrected chi connectivity index (χ1v) is 9.55. The van der Waals surface area contributed by atoms with Crippen LogP contribution in [0.2, 0.25) is 0 Å². The van der Waals surface area contributed by atoms with Gasteiger partial charge < -0.3 is 9.84 Å². The van der Waals surface area contributed by atoms with E-state index in [4.69, 9.17) is 4.74 Å². The minimum atomic E-state index is -0.625. The molecule has 0 amide bonds. The third kappa shape index (κ3) is 3.75. The highest BCUT2D eigenvalue weighted by atomic mass is 79.9. The Balaban J connectivity index is 1.83. The average molecular weight is 423 g/mol. The lowest BCUT2D eigenvalue weighted by molar-refractivity contribution is 0.0146. The highest BCUT2D eigenvalue weighted by molar-refractivity contribution is 9.09. The largest absolute Gasteiger partial charge is 0.396 e. The zero-order valence-corrected chi connectivity index (χ0v) is 15.9. The van der Waals surface area contributed by atoms with Gasteiger partial charge in [0.25, 0.3) is 0 Å². The minimum absolute atomic E-state index is 0.0524. The zero-order chi connectivity index (χ0) is 18.8. The molecule has 2 nitrogen and oxygen atoms in total. The van der Waals surface area contributed by atoms with E-state index >= 15 is 0 Å². The van der Waals surface area contributed by atoms with Gasteiger partial charge in [0.15, 0.2) is 0 Å². The summed E-state index contributed by atoms with van der Waals surface area (Å²) in [4.78, 5) is 0. The van der Waals surface area contributed by atoms with E-state index in [1.807, 2.05) is 0 Å². The summed E-state index contributed by atoms with van der Waals surface area (Å²) in [6, 6.07) is 12.5. The molecule has 1 aliphatic heterocycles. The topological polar surface area (TPSA) is 29.5 Å². The van der Waals surface area contributed by atoms with Gasteiger partial charge in [-0.05, 0) is 53.8 Å². The number of ether oxygens (including phenoxy) is 1. The Labute approximate surface area is 160 Å². The summed E-state index contributed by atoms with van der Waals surface area (Å²) in [5.74, 6) is -0.591. The number of halogens is 3. The molecule has 2 aromatic rings. The van der Waals surface area contributed by atoms with E-state index in [0.717, 1.165) is 16.7 Å². The first-order valence-electron chi connectivity index (χ1n) is 8.43. The van der Waals surface area contributed by atoms with Gasteiger partial charge in [0.2, 0.25) is 0 Å². The molecule has 26 heavy (non-hydrogen) atoms. The Kier molecular flexibility index (Phi) is 5.61. The molecule has 1 saturated heterocycles. The van der Waals surface area contributed by atoms with E-state index in [1.54, 1.807) is 24.3 Å². The molecule has 0 aromatic heterocycles. The van der Waals surface area contributed by atoms with Gasteiger partial charge in [-0.25, -0.2) is 8.78 Å². The Morgan fingerprint density at radius 1 is 1.08 bits per heavy atom. The molecular formula is C21H21BrF2O2. The molecule has 0 unspecified atom stereocenters. The summed E-state index contributed by atoms with van der Waals surface area (Å²) in [6.45, 7) is 4.43. The molecule has 1 heterocycles. The quantitative estimate of drug-likeness (QED) is 0.659. The first kappa shape index (κ1) is 19.2. The van der Waals surface area contributed by atoms with Crippen molar-refractivity contribution in [1.82, 2.24) is 0 Å². The lowest BCUT2D eigenvalue weighted by Crippen LogP contribution is -2.31. The number of hydrogen-bond acceptors (Lipinski definition) is 2. The molecule has 1 aliphatic rings. The van der Waals surface area contributed by atoms with E-state index in [9.17, 15) is 13.9 Å². The van der Waals surface area contributed by atoms with Crippen LogP contribution < -0.4 is 0 Å². The van der Waals surface area contributed by atoms with Crippen molar-refractivity contribution in [2.45, 2.75) is 18.4 Å². The Hall–Kier alpha value is -1.56. The second kappa shape index (κ2) is 7.59. The van der Waals surface area contributed by atoms with Crippen molar-refractivity contribution in [3.8, 4) is 0 Å². The number of hydrogen-bond donors (Lipinski definition) is 1. The summed E-state index contributed by atoms with van der Waals surface area (Å²) >= 11 is 3.52. The van der Waals surface area contributed by atoms with Crippen LogP contribution in [-0.2, 0) is 10.3 Å². The highest BCUT2D eigenvalue weighted by Crippen LogP contribution is 2.50. The van der Waals surface area contributed by atoms with Gasteiger partial charge in [-0.3, -0.25) is 0 Å². The molecule has 0 spiro atoms. The fraction of sp³-hybridized carbons (Fsp3) is 0.333. The molecule has 1 N–H and O–H groups in total. The predicted molar refractivity (Wildman–Crippen MR) is 102 cm³/mol. The van der Waals surface area contributed by atoms with Crippen LogP contribution in [0.25, 0.3) is 5.57 Å². The Morgan fingerprint density at radius 2 is 1.65 bits per heavy atom. The summed E-state index contributed by atoms with van der Waals surface area (Å²) < 4.78 is 32.6. The van der Waals surface area contributed by atoms with Crippen molar-refractivity contribution in [3.63, 3.8) is 0 Å². The summed E-state index contributed by atoms with van der Waals surface area (Å²) in [6.07, 6.45) is 1.11. The van der Waals surface area contributed by atoms with Gasteiger partial charge >= 0.3 is 0 Å². The molecule has 0 bridgehead atoms. The molecule has 3 rings (SSSR count). The van der Waals surface area contributed by atoms with Gasteiger partial charge in [0.1, 0.15) is 17.2 Å². The maximum Gasteiger partial charge on any atom is 0.123 e. The van der Waals surface area contributed by atoms with Crippen LogP contribution in [0, 0.1) is 17.0 Å². The SMILES string of the molecule is C=C(C[C@@]1(CO)CO[C@](CBr)(c2ccc(F)cc2)C1)c1ccc(F)cc1. The highest BCUT2D eigenvalue weighted by Gasteiger charge is 2.49. The van der Waals surface area contributed by atoms with Crippen LogP contribution in [0.15, 0.2) is 55.1 Å². The average Bonchev–Trinajstić information content (AvgIpc) is 3.03. The van der Waals surface area contributed by atoms with E-state index in [0.29, 0.717) is 24.8 Å². The van der Waals surface area contributed by atoms with Gasteiger partial charge in [-0.15, -0.1) is 0 Å². The van der Waals surface area contributed by atoms with E-state index in [1.165, 1.54) is 24.3 Å². The predicted octanol–water partition coefficient (Wildman–Crippen LogP) is 5.06. The lowest BCUT2D eigenvalue weighted by atomic mass is 9.74. The number of aliphatic hydroxyl groups is 1. The van der Waals surface area contributed by atoms with Crippen LogP contribution in [0.5, 0.6) is 0 Å². The van der Waals surface area contributed by atoms with Gasteiger partial charge in [-0.1, -0.05) is 46.8 Å². The van der Waals surface area contributed by atoms with E-state index in [2.05, 4.69) is 22.5 Å². The van der Waals surface area contributed by atoms with Crippen molar-refractivity contribution in [2.75, 3.05) is 18.5 Å². The molecule has 138 valence electrons. The van der Waals surface area contributed by atoms with E-state index < -0.39 is 11.0 Å². The van der Waals surface area contributed by atoms with Crippen LogP contribution in [0.4, 0.5) is 8.78 Å². The summed E-state index contributed by atoms with van der Waals surface area (Å²) in [5.41, 5.74) is 1.43. The Morgan fingerprint density at radius 3 is 2.19 bits per heavy atom. The number of allylic oxidation sites excluding steroid dienone is 1. The monoisotopic (exact) mass is 422 g/mol. The van der Waals surface area contributed by atoms with Crippen LogP contribution in [-0.4, -0.2) is 23.7 Å². The molecule has 0 saturated carbocycles. The van der Waals surface area contributed by atoms with Crippen molar-refractivity contribution < 1.29 is 18.6 Å². The third-order valence-electron chi connectivity index (χ3n) is 5.08. The molecule has 1 fully saturated rings. The minimum Gasteiger partial charge on any atom is -0.396 e. The number of rotatable bonds is 6. The maximum atomic E-state index is 13.3. The van der Waals surface area contributed by atoms with Crippen molar-refractivity contribution in [1.29, 1.82) is 0 Å². The smallest absolute Gasteiger partial charge is 0.123 e. The Bertz CT molecular complexity index is 776. The standard InChI is InChI=1S/C21H21BrF2O2/c1-15(16-2-6-18(23)7-3-16)10-20(13-25)11-21(12-22,26-14-20)17-4-8-19(24)9-5-17/h2-9,25H,1,10-14H2/t20-,21-/m1/s1. The summed E-state index contributed by atoms with van der Waals surface area (Å²) in [7, 11) is 0. The van der Waals surface area contributed by atoms with Crippen LogP contribution in [0.1, 0.15) is 24.0 Å². The van der Waals surface area contributed by atoms with E-state index in [-0.39, 0.29) is 18.2 Å². The third-order valence-corrected chi connectivity index (χ3v) is 5.98.